The van der Waals surface area contributed by atoms with E-state index in [0.717, 1.165) is 32.1 Å². The molecule has 4 rings (SSSR count). The van der Waals surface area contributed by atoms with E-state index in [0.29, 0.717) is 21.7 Å². The van der Waals surface area contributed by atoms with Crippen LogP contribution in [0.2, 0.25) is 0 Å². The zero-order valence-electron chi connectivity index (χ0n) is 17.8. The number of halogens is 3. The maximum atomic E-state index is 13.2. The Morgan fingerprint density at radius 3 is 2.42 bits per heavy atom. The van der Waals surface area contributed by atoms with Gasteiger partial charge in [0.05, 0.1) is 0 Å². The van der Waals surface area contributed by atoms with Crippen LogP contribution >= 0.6 is 11.8 Å². The number of amidine groups is 1. The predicted octanol–water partition coefficient (Wildman–Crippen LogP) is 4.97. The fourth-order valence-electron chi connectivity index (χ4n) is 3.99. The van der Waals surface area contributed by atoms with Crippen LogP contribution in [0.1, 0.15) is 53.6 Å². The number of aliphatic imine (C=N–C) groups is 1. The molecule has 1 saturated carbocycles. The van der Waals surface area contributed by atoms with Gasteiger partial charge in [-0.2, -0.15) is 13.2 Å². The van der Waals surface area contributed by atoms with Crippen LogP contribution in [-0.2, 0) is 4.79 Å². The number of hydrogen-bond donors (Lipinski definition) is 1. The molecule has 0 bridgehead atoms. The van der Waals surface area contributed by atoms with Crippen LogP contribution < -0.4 is 5.43 Å². The first kappa shape index (κ1) is 23.4. The maximum Gasteiger partial charge on any atom is 0.408 e. The Kier molecular flexibility index (Phi) is 7.07. The lowest BCUT2D eigenvalue weighted by Gasteiger charge is -2.34. The van der Waals surface area contributed by atoms with E-state index in [1.165, 1.54) is 11.8 Å². The van der Waals surface area contributed by atoms with Crippen molar-refractivity contribution in [3.63, 3.8) is 0 Å². The van der Waals surface area contributed by atoms with Crippen LogP contribution in [-0.4, -0.2) is 45.9 Å². The largest absolute Gasteiger partial charge is 0.408 e. The molecule has 9 heteroatoms. The molecule has 1 atom stereocenters. The van der Waals surface area contributed by atoms with Gasteiger partial charge in [0.25, 0.3) is 5.91 Å². The summed E-state index contributed by atoms with van der Waals surface area (Å²) in [6, 6.07) is 15.3. The highest BCUT2D eigenvalue weighted by Crippen LogP contribution is 2.34. The molecule has 1 unspecified atom stereocenters. The van der Waals surface area contributed by atoms with Crippen LogP contribution in [0.25, 0.3) is 0 Å². The van der Waals surface area contributed by atoms with Gasteiger partial charge in [-0.1, -0.05) is 67.8 Å². The smallest absolute Gasteiger partial charge is 0.289 e. The number of hydrogen-bond acceptors (Lipinski definition) is 5. The lowest BCUT2D eigenvalue weighted by molar-refractivity contribution is -0.165. The first-order valence-corrected chi connectivity index (χ1v) is 11.8. The topological polar surface area (TPSA) is 61.8 Å². The van der Waals surface area contributed by atoms with Gasteiger partial charge in [0.15, 0.2) is 11.2 Å². The first-order chi connectivity index (χ1) is 15.8. The number of nitrogens with one attached hydrogen (secondary N) is 1. The van der Waals surface area contributed by atoms with E-state index < -0.39 is 24.0 Å². The van der Waals surface area contributed by atoms with E-state index in [4.69, 9.17) is 0 Å². The molecule has 33 heavy (non-hydrogen) atoms. The quantitative estimate of drug-likeness (QED) is 0.600. The molecule has 2 aromatic rings. The normalized spacial score (nSPS) is 19.7. The van der Waals surface area contributed by atoms with Crippen molar-refractivity contribution in [1.29, 1.82) is 0 Å². The number of thioether (sulfide) groups is 1. The van der Waals surface area contributed by atoms with Gasteiger partial charge in [-0.15, -0.1) is 11.8 Å². The van der Waals surface area contributed by atoms with Crippen molar-refractivity contribution < 1.29 is 22.8 Å². The Labute approximate surface area is 194 Å². The molecule has 174 valence electrons. The Bertz CT molecular complexity index is 1040. The number of amides is 1. The third kappa shape index (κ3) is 5.96. The average Bonchev–Trinajstić information content (AvgIpc) is 2.81. The fraction of sp³-hybridized carbons (Fsp3) is 0.375. The van der Waals surface area contributed by atoms with Crippen LogP contribution in [0.4, 0.5) is 13.2 Å². The Morgan fingerprint density at radius 2 is 1.73 bits per heavy atom. The van der Waals surface area contributed by atoms with Crippen LogP contribution in [0.3, 0.4) is 0 Å². The number of alkyl halides is 3. The minimum Gasteiger partial charge on any atom is -0.289 e. The van der Waals surface area contributed by atoms with Crippen LogP contribution in [0.5, 0.6) is 0 Å². The molecule has 0 spiro atoms. The Balaban J connectivity index is 1.63. The van der Waals surface area contributed by atoms with E-state index in [2.05, 4.69) is 10.4 Å². The first-order valence-electron chi connectivity index (χ1n) is 10.9. The molecule has 0 radical (unpaired) electrons. The second kappa shape index (κ2) is 9.99. The van der Waals surface area contributed by atoms with Gasteiger partial charge in [0.2, 0.25) is 0 Å². The molecule has 1 heterocycles. The Hall–Kier alpha value is -2.81. The number of rotatable bonds is 6. The van der Waals surface area contributed by atoms with Gasteiger partial charge in [-0.05, 0) is 18.9 Å². The lowest BCUT2D eigenvalue weighted by atomic mass is 10.0. The van der Waals surface area contributed by atoms with E-state index in [9.17, 15) is 22.8 Å². The van der Waals surface area contributed by atoms with Gasteiger partial charge < -0.3 is 0 Å². The molecule has 1 aliphatic heterocycles. The minimum atomic E-state index is -4.56. The van der Waals surface area contributed by atoms with Crippen molar-refractivity contribution in [2.24, 2.45) is 4.99 Å². The highest BCUT2D eigenvalue weighted by atomic mass is 32.2. The number of carbonyl (C=O) groups excluding carboxylic acids is 2. The molecule has 2 aliphatic rings. The average molecular weight is 476 g/mol. The summed E-state index contributed by atoms with van der Waals surface area (Å²) in [5, 5.41) is -0.177. The highest BCUT2D eigenvalue weighted by Gasteiger charge is 2.40. The van der Waals surface area contributed by atoms with Crippen molar-refractivity contribution in [2.45, 2.75) is 48.9 Å². The van der Waals surface area contributed by atoms with Crippen molar-refractivity contribution in [3.05, 3.63) is 71.3 Å². The number of benzene rings is 2. The predicted molar refractivity (Wildman–Crippen MR) is 122 cm³/mol. The third-order valence-corrected chi connectivity index (χ3v) is 7.03. The van der Waals surface area contributed by atoms with E-state index in [1.807, 2.05) is 6.07 Å². The maximum absolute atomic E-state index is 13.2. The molecule has 0 saturated heterocycles. The number of nitrogens with zero attached hydrogens (tertiary/aromatic N) is 2. The molecule has 1 aliphatic carbocycles. The lowest BCUT2D eigenvalue weighted by Crippen LogP contribution is -2.56. The second-order valence-electron chi connectivity index (χ2n) is 8.15. The van der Waals surface area contributed by atoms with E-state index in [1.54, 1.807) is 48.5 Å². The molecular weight excluding hydrogens is 451 g/mol. The summed E-state index contributed by atoms with van der Waals surface area (Å²) >= 11 is 1.33. The van der Waals surface area contributed by atoms with Crippen LogP contribution in [0, 0.1) is 0 Å². The van der Waals surface area contributed by atoms with Crippen molar-refractivity contribution in [2.75, 3.05) is 6.54 Å². The SMILES string of the molecule is O=C(c1ccccc1)c1cccc(C2=NC(SC3CCCCC3)C(=O)N(CC(F)(F)F)N2)c1. The van der Waals surface area contributed by atoms with E-state index >= 15 is 0 Å². The molecular formula is C24H24F3N3O2S. The molecule has 0 aromatic heterocycles. The standard InChI is InChI=1S/C24H24F3N3O2S/c25-24(26,27)15-30-23(32)22(33-19-12-5-2-6-13-19)28-21(29-30)18-11-7-10-17(14-18)20(31)16-8-3-1-4-9-16/h1,3-4,7-11,14,19,22H,2,5-6,12-13,15H2,(H,28,29). The van der Waals surface area contributed by atoms with Crippen molar-refractivity contribution >= 4 is 29.3 Å². The monoisotopic (exact) mass is 475 g/mol. The van der Waals surface area contributed by atoms with Crippen LogP contribution in [0.15, 0.2) is 59.6 Å². The number of carbonyl (C=O) groups is 2. The van der Waals surface area contributed by atoms with E-state index in [-0.39, 0.29) is 16.9 Å². The summed E-state index contributed by atoms with van der Waals surface area (Å²) in [5.74, 6) is -0.761. The zero-order chi connectivity index (χ0) is 23.4. The van der Waals surface area contributed by atoms with Gasteiger partial charge >= 0.3 is 6.18 Å². The summed E-state index contributed by atoms with van der Waals surface area (Å²) in [6.07, 6.45) is 0.511. The molecule has 2 aromatic carbocycles. The molecule has 1 amide bonds. The number of ketones is 1. The number of hydrazine groups is 1. The van der Waals surface area contributed by atoms with Crippen molar-refractivity contribution in [3.8, 4) is 0 Å². The summed E-state index contributed by atoms with van der Waals surface area (Å²) in [6.45, 7) is -1.42. The molecule has 5 nitrogen and oxygen atoms in total. The molecule has 1 fully saturated rings. The van der Waals surface area contributed by atoms with Crippen molar-refractivity contribution in [1.82, 2.24) is 10.4 Å². The zero-order valence-corrected chi connectivity index (χ0v) is 18.7. The third-order valence-electron chi connectivity index (χ3n) is 5.61. The molecule has 1 N–H and O–H groups in total. The fourth-order valence-corrected chi connectivity index (χ4v) is 5.37. The summed E-state index contributed by atoms with van der Waals surface area (Å²) < 4.78 is 39.5. The van der Waals surface area contributed by atoms with Gasteiger partial charge in [0.1, 0.15) is 12.4 Å². The van der Waals surface area contributed by atoms with Gasteiger partial charge in [0, 0.05) is 21.9 Å². The Morgan fingerprint density at radius 1 is 1.03 bits per heavy atom. The summed E-state index contributed by atoms with van der Waals surface area (Å²) in [7, 11) is 0. The van der Waals surface area contributed by atoms with Gasteiger partial charge in [-0.3, -0.25) is 15.0 Å². The second-order valence-corrected chi connectivity index (χ2v) is 9.54. The van der Waals surface area contributed by atoms with Gasteiger partial charge in [-0.25, -0.2) is 10.0 Å². The minimum absolute atomic E-state index is 0.148. The summed E-state index contributed by atoms with van der Waals surface area (Å²) in [4.78, 5) is 30.1. The summed E-state index contributed by atoms with van der Waals surface area (Å²) in [5.41, 5.74) is 3.88. The highest BCUT2D eigenvalue weighted by molar-refractivity contribution is 8.01.